The van der Waals surface area contributed by atoms with Gasteiger partial charge in [-0.05, 0) is 113 Å². The molecule has 15 nitrogen and oxygen atoms in total. The summed E-state index contributed by atoms with van der Waals surface area (Å²) in [6.45, 7) is 4.91. The highest BCUT2D eigenvalue weighted by molar-refractivity contribution is 7.91. The van der Waals surface area contributed by atoms with E-state index in [0.717, 1.165) is 18.6 Å². The first-order chi connectivity index (χ1) is 29.2. The molecule has 0 unspecified atom stereocenters. The van der Waals surface area contributed by atoms with Crippen LogP contribution in [0.4, 0.5) is 18.0 Å². The van der Waals surface area contributed by atoms with Crippen LogP contribution in [0.3, 0.4) is 0 Å². The summed E-state index contributed by atoms with van der Waals surface area (Å²) in [5.74, 6) is -2.50. The summed E-state index contributed by atoms with van der Waals surface area (Å²) in [6.07, 6.45) is 0.877. The number of hydrogen-bond donors (Lipinski definition) is 3. The lowest BCUT2D eigenvalue weighted by Gasteiger charge is -2.30. The number of hydrogen-bond acceptors (Lipinski definition) is 11. The summed E-state index contributed by atoms with van der Waals surface area (Å²) in [5.41, 5.74) is -1.71. The minimum atomic E-state index is -4.88. The Morgan fingerprint density at radius 3 is 2.37 bits per heavy atom. The fourth-order valence-electron chi connectivity index (χ4n) is 7.85. The number of benzene rings is 2. The molecule has 3 heterocycles. The van der Waals surface area contributed by atoms with Crippen LogP contribution < -0.4 is 29.6 Å². The summed E-state index contributed by atoms with van der Waals surface area (Å²) in [4.78, 5) is 62.2. The van der Waals surface area contributed by atoms with Crippen LogP contribution in [-0.2, 0) is 29.1 Å². The Kier molecular flexibility index (Phi) is 12.4. The van der Waals surface area contributed by atoms with Gasteiger partial charge >= 0.3 is 12.5 Å². The lowest BCUT2D eigenvalue weighted by Crippen LogP contribution is -2.58. The molecule has 0 radical (unpaired) electrons. The van der Waals surface area contributed by atoms with Gasteiger partial charge in [0.25, 0.3) is 5.91 Å². The Bertz CT molecular complexity index is 2350. The van der Waals surface area contributed by atoms with Crippen LogP contribution in [0.1, 0.15) is 78.6 Å². The second-order valence-electron chi connectivity index (χ2n) is 17.2. The number of ether oxygens (including phenoxy) is 4. The molecule has 4 aliphatic rings. The highest BCUT2D eigenvalue weighted by Crippen LogP contribution is 2.46. The van der Waals surface area contributed by atoms with Crippen molar-refractivity contribution in [3.8, 4) is 28.6 Å². The number of nitrogens with zero attached hydrogens (tertiary/aromatic N) is 2. The lowest BCUT2D eigenvalue weighted by atomic mass is 10.0. The Labute approximate surface area is 357 Å². The molecule has 19 heteroatoms. The third kappa shape index (κ3) is 10.5. The molecule has 2 saturated carbocycles. The van der Waals surface area contributed by atoms with E-state index < -0.39 is 86.4 Å². The number of sulfonamides is 1. The molecule has 2 aliphatic carbocycles. The standard InChI is InChI=1S/C43H50F3N5O10S/c1-41(2,3)61-40(55)48-33-11-9-7-5-6-8-10-27-23-42(27,39(54)50-62(56,57)31-17-18-31)49-36(52)35-22-30(24-51(35)38(33)53)59-37-32-19-16-29(58-4)20-26(32)21-34(47-37)25-12-14-28(15-13-25)60-43(44,45)46/h8,10,12-16,19-21,27,30-31,33,35H,5-7,9,11,17-18,22-24H2,1-4H3,(H,48,55)(H,49,52)(H,50,54)/b10-8-/t27-,30-,33+,35+,42-/m1/s1. The maximum absolute atomic E-state index is 14.7. The van der Waals surface area contributed by atoms with Crippen LogP contribution >= 0.6 is 0 Å². The molecule has 0 bridgehead atoms. The second-order valence-corrected chi connectivity index (χ2v) is 19.1. The SMILES string of the molecule is COc1ccc2c(O[C@@H]3C[C@H]4C(=O)N[C@]5(C(=O)NS(=O)(=O)C6CC6)C[C@H]5/C=C\CCCCC[C@H](NC(=O)OC(C)(C)C)C(=O)N4C3)nc(-c3ccc(OC(F)(F)F)cc3)cc2c1. The molecule has 5 atom stereocenters. The van der Waals surface area contributed by atoms with Gasteiger partial charge in [-0.1, -0.05) is 25.0 Å². The van der Waals surface area contributed by atoms with E-state index in [-0.39, 0.29) is 31.7 Å². The molecular formula is C43H50F3N5O10S. The fraction of sp³-hybridized carbons (Fsp3) is 0.512. The van der Waals surface area contributed by atoms with Crippen molar-refractivity contribution < 1.29 is 59.7 Å². The van der Waals surface area contributed by atoms with Crippen LogP contribution in [-0.4, -0.2) is 96.7 Å². The van der Waals surface area contributed by atoms with E-state index in [9.17, 15) is 40.8 Å². The fourth-order valence-corrected chi connectivity index (χ4v) is 9.22. The number of methoxy groups -OCH3 is 1. The first-order valence-electron chi connectivity index (χ1n) is 20.6. The van der Waals surface area contributed by atoms with Crippen LogP contribution in [0.25, 0.3) is 22.0 Å². The van der Waals surface area contributed by atoms with Gasteiger partial charge in [-0.3, -0.25) is 19.1 Å². The van der Waals surface area contributed by atoms with Crippen molar-refractivity contribution in [3.63, 3.8) is 0 Å². The molecule has 0 spiro atoms. The van der Waals surface area contributed by atoms with Gasteiger partial charge in [0.05, 0.1) is 24.6 Å². The highest BCUT2D eigenvalue weighted by Gasteiger charge is 2.62. The van der Waals surface area contributed by atoms with Crippen molar-refractivity contribution >= 4 is 44.6 Å². The topological polar surface area (TPSA) is 192 Å². The number of fused-ring (bicyclic) bond motifs is 3. The molecule has 1 saturated heterocycles. The molecule has 334 valence electrons. The van der Waals surface area contributed by atoms with Crippen molar-refractivity contribution in [1.82, 2.24) is 25.2 Å². The smallest absolute Gasteiger partial charge is 0.497 e. The van der Waals surface area contributed by atoms with Gasteiger partial charge in [-0.2, -0.15) is 0 Å². The molecule has 3 fully saturated rings. The van der Waals surface area contributed by atoms with Crippen molar-refractivity contribution in [2.75, 3.05) is 13.7 Å². The Balaban J connectivity index is 1.23. The van der Waals surface area contributed by atoms with Crippen LogP contribution in [0, 0.1) is 5.92 Å². The van der Waals surface area contributed by atoms with Crippen LogP contribution in [0.15, 0.2) is 60.7 Å². The Morgan fingerprint density at radius 1 is 0.968 bits per heavy atom. The third-order valence-electron chi connectivity index (χ3n) is 11.2. The average Bonchev–Trinajstić information content (AvgIpc) is 4.12. The van der Waals surface area contributed by atoms with Crippen LogP contribution in [0.2, 0.25) is 0 Å². The number of amides is 4. The normalized spacial score (nSPS) is 25.2. The number of aromatic nitrogens is 1. The summed E-state index contributed by atoms with van der Waals surface area (Å²) in [5, 5.41) is 5.98. The van der Waals surface area contributed by atoms with Gasteiger partial charge in [0, 0.05) is 23.3 Å². The zero-order chi connectivity index (χ0) is 44.6. The van der Waals surface area contributed by atoms with E-state index in [1.54, 1.807) is 45.0 Å². The number of rotatable bonds is 9. The number of pyridine rings is 1. The first-order valence-corrected chi connectivity index (χ1v) is 22.1. The van der Waals surface area contributed by atoms with Crippen molar-refractivity contribution in [2.45, 2.75) is 119 Å². The zero-order valence-corrected chi connectivity index (χ0v) is 35.6. The number of halogens is 3. The number of nitrogens with one attached hydrogen (secondary N) is 3. The van der Waals surface area contributed by atoms with Gasteiger partial charge in [0.15, 0.2) is 0 Å². The van der Waals surface area contributed by atoms with Crippen LogP contribution in [0.5, 0.6) is 17.4 Å². The molecular weight excluding hydrogens is 836 g/mol. The molecule has 62 heavy (non-hydrogen) atoms. The Morgan fingerprint density at radius 2 is 1.69 bits per heavy atom. The predicted octanol–water partition coefficient (Wildman–Crippen LogP) is 6.05. The first kappa shape index (κ1) is 44.5. The van der Waals surface area contributed by atoms with E-state index in [1.807, 2.05) is 12.2 Å². The largest absolute Gasteiger partial charge is 0.573 e. The molecule has 4 amide bonds. The minimum Gasteiger partial charge on any atom is -0.497 e. The summed E-state index contributed by atoms with van der Waals surface area (Å²) in [7, 11) is -2.47. The van der Waals surface area contributed by atoms with Gasteiger partial charge < -0.3 is 34.5 Å². The van der Waals surface area contributed by atoms with E-state index in [0.29, 0.717) is 59.9 Å². The minimum absolute atomic E-state index is 0.0910. The van der Waals surface area contributed by atoms with E-state index >= 15 is 0 Å². The summed E-state index contributed by atoms with van der Waals surface area (Å²) < 4.78 is 88.3. The number of alkyl carbamates (subject to hydrolysis) is 1. The van der Waals surface area contributed by atoms with Gasteiger partial charge in [-0.15, -0.1) is 13.2 Å². The molecule has 3 aromatic rings. The van der Waals surface area contributed by atoms with Gasteiger partial charge in [0.2, 0.25) is 27.7 Å². The zero-order valence-electron chi connectivity index (χ0n) is 34.8. The van der Waals surface area contributed by atoms with Crippen molar-refractivity contribution in [2.24, 2.45) is 5.92 Å². The molecule has 3 N–H and O–H groups in total. The van der Waals surface area contributed by atoms with Gasteiger partial charge in [-0.25, -0.2) is 18.2 Å². The van der Waals surface area contributed by atoms with Crippen molar-refractivity contribution in [1.29, 1.82) is 0 Å². The van der Waals surface area contributed by atoms with E-state index in [4.69, 9.17) is 19.2 Å². The second kappa shape index (κ2) is 17.3. The number of carbonyl (C=O) groups excluding carboxylic acids is 4. The monoisotopic (exact) mass is 885 g/mol. The Hall–Kier alpha value is -5.59. The number of alkyl halides is 3. The molecule has 7 rings (SSSR count). The lowest BCUT2D eigenvalue weighted by molar-refractivity contribution is -0.274. The van der Waals surface area contributed by atoms with Gasteiger partial charge in [0.1, 0.15) is 40.8 Å². The van der Waals surface area contributed by atoms with E-state index in [1.165, 1.54) is 24.1 Å². The average molecular weight is 886 g/mol. The number of allylic oxidation sites excluding steroid dienone is 1. The van der Waals surface area contributed by atoms with Crippen molar-refractivity contribution in [3.05, 3.63) is 60.7 Å². The quantitative estimate of drug-likeness (QED) is 0.212. The predicted molar refractivity (Wildman–Crippen MR) is 219 cm³/mol. The maximum Gasteiger partial charge on any atom is 0.573 e. The molecule has 2 aromatic carbocycles. The maximum atomic E-state index is 14.7. The van der Waals surface area contributed by atoms with E-state index in [2.05, 4.69) is 20.1 Å². The summed E-state index contributed by atoms with van der Waals surface area (Å²) in [6, 6.07) is 9.63. The number of carbonyl (C=O) groups is 4. The molecule has 2 aliphatic heterocycles. The molecule has 1 aromatic heterocycles. The summed E-state index contributed by atoms with van der Waals surface area (Å²) >= 11 is 0. The highest BCUT2D eigenvalue weighted by atomic mass is 32.2. The third-order valence-corrected chi connectivity index (χ3v) is 13.0.